The van der Waals surface area contributed by atoms with E-state index in [1.54, 1.807) is 13.3 Å². The van der Waals surface area contributed by atoms with Crippen LogP contribution >= 0.6 is 0 Å². The molecule has 0 radical (unpaired) electrons. The summed E-state index contributed by atoms with van der Waals surface area (Å²) in [4.78, 5) is 15.4. The Morgan fingerprint density at radius 1 is 1.03 bits per heavy atom. The van der Waals surface area contributed by atoms with Crippen LogP contribution in [0.3, 0.4) is 0 Å². The van der Waals surface area contributed by atoms with Gasteiger partial charge in [-0.25, -0.2) is 4.98 Å². The van der Waals surface area contributed by atoms with E-state index >= 15 is 0 Å². The molecule has 0 unspecified atom stereocenters. The van der Waals surface area contributed by atoms with Gasteiger partial charge in [0.1, 0.15) is 11.6 Å². The predicted octanol–water partition coefficient (Wildman–Crippen LogP) is 4.87. The third-order valence-corrected chi connectivity index (χ3v) is 5.54. The maximum absolute atomic E-state index is 5.89. The highest BCUT2D eigenvalue weighted by Crippen LogP contribution is 2.27. The van der Waals surface area contributed by atoms with Crippen molar-refractivity contribution in [2.45, 2.75) is 19.8 Å². The number of fused-ring (bicyclic) bond motifs is 2. The summed E-state index contributed by atoms with van der Waals surface area (Å²) in [6, 6.07) is 14.4. The van der Waals surface area contributed by atoms with Gasteiger partial charge in [-0.15, -0.1) is 0 Å². The van der Waals surface area contributed by atoms with Crippen LogP contribution in [0.5, 0.6) is 5.75 Å². The lowest BCUT2D eigenvalue weighted by atomic mass is 10.0. The number of ether oxygens (including phenoxy) is 1. The maximum Gasteiger partial charge on any atom is 0.221 e. The van der Waals surface area contributed by atoms with Crippen LogP contribution in [0.15, 0.2) is 54.9 Å². The summed E-state index contributed by atoms with van der Waals surface area (Å²) >= 11 is 0. The molecule has 7 nitrogen and oxygen atoms in total. The normalized spacial score (nSPS) is 11.3. The molecule has 31 heavy (non-hydrogen) atoms. The van der Waals surface area contributed by atoms with Crippen LogP contribution in [0.4, 0.5) is 17.5 Å². The highest BCUT2D eigenvalue weighted by Gasteiger charge is 2.11. The van der Waals surface area contributed by atoms with E-state index in [-0.39, 0.29) is 5.95 Å². The summed E-state index contributed by atoms with van der Waals surface area (Å²) in [5, 5.41) is 5.74. The second-order valence-corrected chi connectivity index (χ2v) is 7.71. The monoisotopic (exact) mass is 412 g/mol. The summed E-state index contributed by atoms with van der Waals surface area (Å²) < 4.78 is 5.38. The van der Waals surface area contributed by atoms with E-state index in [9.17, 15) is 0 Å². The van der Waals surface area contributed by atoms with Gasteiger partial charge in [-0.05, 0) is 67.8 Å². The molecule has 0 aliphatic heterocycles. The molecule has 0 aliphatic carbocycles. The van der Waals surface area contributed by atoms with Gasteiger partial charge in [-0.1, -0.05) is 0 Å². The van der Waals surface area contributed by atoms with E-state index in [1.165, 1.54) is 10.9 Å². The zero-order valence-electron chi connectivity index (χ0n) is 17.5. The van der Waals surface area contributed by atoms with Crippen LogP contribution in [-0.2, 0) is 12.8 Å². The first-order chi connectivity index (χ1) is 15.1. The Labute approximate surface area is 179 Å². The summed E-state index contributed by atoms with van der Waals surface area (Å²) in [5.74, 6) is 1.83. The van der Waals surface area contributed by atoms with E-state index in [0.29, 0.717) is 0 Å². The van der Waals surface area contributed by atoms with Crippen molar-refractivity contribution >= 4 is 39.3 Å². The van der Waals surface area contributed by atoms with Crippen molar-refractivity contribution in [1.29, 1.82) is 0 Å². The lowest BCUT2D eigenvalue weighted by Gasteiger charge is -2.11. The van der Waals surface area contributed by atoms with Crippen LogP contribution < -0.4 is 15.8 Å². The number of hydrogen-bond donors (Lipinski definition) is 4. The lowest BCUT2D eigenvalue weighted by molar-refractivity contribution is 0.415. The molecule has 0 fully saturated rings. The number of anilines is 3. The Bertz CT molecular complexity index is 1380. The predicted molar refractivity (Wildman–Crippen MR) is 125 cm³/mol. The minimum absolute atomic E-state index is 0.252. The van der Waals surface area contributed by atoms with Crippen LogP contribution in [0.2, 0.25) is 0 Å². The van der Waals surface area contributed by atoms with E-state index in [2.05, 4.69) is 62.6 Å². The Morgan fingerprint density at radius 2 is 1.87 bits per heavy atom. The van der Waals surface area contributed by atoms with Gasteiger partial charge in [0.05, 0.1) is 7.11 Å². The molecular weight excluding hydrogens is 388 g/mol. The number of aromatic nitrogens is 4. The minimum atomic E-state index is 0.252. The van der Waals surface area contributed by atoms with Gasteiger partial charge in [-0.3, -0.25) is 0 Å². The highest BCUT2D eigenvalue weighted by molar-refractivity contribution is 5.85. The fourth-order valence-electron chi connectivity index (χ4n) is 3.96. The van der Waals surface area contributed by atoms with Crippen LogP contribution in [0.25, 0.3) is 21.8 Å². The molecule has 0 saturated carbocycles. The zero-order valence-corrected chi connectivity index (χ0v) is 17.5. The molecule has 3 heterocycles. The fourth-order valence-corrected chi connectivity index (χ4v) is 3.96. The Hall–Kier alpha value is -4.00. The molecule has 5 rings (SSSR count). The Morgan fingerprint density at radius 3 is 2.74 bits per heavy atom. The van der Waals surface area contributed by atoms with Gasteiger partial charge >= 0.3 is 0 Å². The molecule has 0 amide bonds. The summed E-state index contributed by atoms with van der Waals surface area (Å²) in [6.45, 7) is 2.05. The Kier molecular flexibility index (Phi) is 4.71. The van der Waals surface area contributed by atoms with Crippen molar-refractivity contribution in [3.05, 3.63) is 71.7 Å². The number of rotatable bonds is 6. The lowest BCUT2D eigenvalue weighted by Crippen LogP contribution is -2.05. The molecule has 0 spiro atoms. The zero-order chi connectivity index (χ0) is 21.4. The van der Waals surface area contributed by atoms with Gasteiger partial charge in [0.2, 0.25) is 5.95 Å². The molecule has 0 saturated heterocycles. The number of hydrogen-bond acceptors (Lipinski definition) is 5. The van der Waals surface area contributed by atoms with Crippen molar-refractivity contribution < 1.29 is 4.74 Å². The quantitative estimate of drug-likeness (QED) is 0.319. The number of nitrogen functional groups attached to an aromatic ring is 1. The molecule has 0 bridgehead atoms. The standard InChI is InChI=1S/C24H24N6O/c1-14-9-17-10-18(5-7-21(17)28-14)29-23-16(13-27-24(25)30-23)4-3-15-12-26-22-8-6-19(31-2)11-20(15)22/h5-13,26,28H,3-4H2,1-2H3,(H3,25,27,29,30). The van der Waals surface area contributed by atoms with Gasteiger partial charge in [0.15, 0.2) is 0 Å². The van der Waals surface area contributed by atoms with Crippen LogP contribution in [0, 0.1) is 6.92 Å². The van der Waals surface area contributed by atoms with Crippen molar-refractivity contribution in [3.8, 4) is 5.75 Å². The number of benzene rings is 2. The molecule has 7 heteroatoms. The minimum Gasteiger partial charge on any atom is -0.497 e. The third-order valence-electron chi connectivity index (χ3n) is 5.54. The van der Waals surface area contributed by atoms with E-state index in [4.69, 9.17) is 10.5 Å². The first-order valence-electron chi connectivity index (χ1n) is 10.2. The average molecular weight is 412 g/mol. The number of nitrogens with one attached hydrogen (secondary N) is 3. The molecule has 0 aliphatic rings. The van der Waals surface area contributed by atoms with Crippen LogP contribution in [-0.4, -0.2) is 27.0 Å². The smallest absolute Gasteiger partial charge is 0.221 e. The first kappa shape index (κ1) is 19.0. The summed E-state index contributed by atoms with van der Waals surface area (Å²) in [6.07, 6.45) is 5.47. The van der Waals surface area contributed by atoms with Gasteiger partial charge < -0.3 is 25.8 Å². The molecule has 3 aromatic heterocycles. The van der Waals surface area contributed by atoms with E-state index in [1.807, 2.05) is 18.2 Å². The molecule has 156 valence electrons. The van der Waals surface area contributed by atoms with Gasteiger partial charge in [0, 0.05) is 51.1 Å². The first-order valence-corrected chi connectivity index (χ1v) is 10.2. The highest BCUT2D eigenvalue weighted by atomic mass is 16.5. The number of H-pyrrole nitrogens is 2. The Balaban J connectivity index is 1.41. The number of aryl methyl sites for hydroxylation is 3. The third kappa shape index (κ3) is 3.77. The summed E-state index contributed by atoms with van der Waals surface area (Å²) in [5.41, 5.74) is 12.4. The number of nitrogens with zero attached hydrogens (tertiary/aromatic N) is 2. The van der Waals surface area contributed by atoms with E-state index in [0.717, 1.165) is 57.8 Å². The van der Waals surface area contributed by atoms with Gasteiger partial charge in [0.25, 0.3) is 0 Å². The van der Waals surface area contributed by atoms with Crippen LogP contribution in [0.1, 0.15) is 16.8 Å². The number of methoxy groups -OCH3 is 1. The molecule has 2 aromatic carbocycles. The molecule has 5 N–H and O–H groups in total. The topological polar surface area (TPSA) is 105 Å². The van der Waals surface area contributed by atoms with Crippen molar-refractivity contribution in [2.75, 3.05) is 18.2 Å². The SMILES string of the molecule is COc1ccc2[nH]cc(CCc3cnc(N)nc3Nc3ccc4[nH]c(C)cc4c3)c2c1. The van der Waals surface area contributed by atoms with Crippen molar-refractivity contribution in [1.82, 2.24) is 19.9 Å². The van der Waals surface area contributed by atoms with Gasteiger partial charge in [-0.2, -0.15) is 4.98 Å². The van der Waals surface area contributed by atoms with E-state index < -0.39 is 0 Å². The maximum atomic E-state index is 5.89. The van der Waals surface area contributed by atoms with Crippen molar-refractivity contribution in [3.63, 3.8) is 0 Å². The largest absolute Gasteiger partial charge is 0.497 e. The number of aromatic amines is 2. The molecule has 0 atom stereocenters. The number of nitrogens with two attached hydrogens (primary N) is 1. The van der Waals surface area contributed by atoms with Crippen molar-refractivity contribution in [2.24, 2.45) is 0 Å². The fraction of sp³-hybridized carbons (Fsp3) is 0.167. The second kappa shape index (κ2) is 7.68. The second-order valence-electron chi connectivity index (χ2n) is 7.71. The average Bonchev–Trinajstić information content (AvgIpc) is 3.34. The summed E-state index contributed by atoms with van der Waals surface area (Å²) in [7, 11) is 1.68. The molecular formula is C24H24N6O. The molecule has 5 aromatic rings.